The Hall–Kier alpha value is -0.340. The van der Waals surface area contributed by atoms with Crippen LogP contribution < -0.4 is 5.32 Å². The van der Waals surface area contributed by atoms with Crippen molar-refractivity contribution in [2.24, 2.45) is 5.41 Å². The minimum atomic E-state index is 0.678. The maximum absolute atomic E-state index is 3.68. The first-order valence-corrected chi connectivity index (χ1v) is 7.04. The average molecular weight is 280 g/mol. The van der Waals surface area contributed by atoms with Crippen LogP contribution in [-0.4, -0.2) is 13.1 Å². The molecule has 0 atom stereocenters. The highest BCUT2D eigenvalue weighted by atomic mass is 79.9. The van der Waals surface area contributed by atoms with Crippen molar-refractivity contribution in [2.75, 3.05) is 13.1 Å². The fourth-order valence-electron chi connectivity index (χ4n) is 3.18. The second-order valence-corrected chi connectivity index (χ2v) is 6.25. The van der Waals surface area contributed by atoms with E-state index in [1.54, 1.807) is 0 Å². The van der Waals surface area contributed by atoms with Crippen LogP contribution in [0, 0.1) is 5.41 Å². The highest BCUT2D eigenvalue weighted by Gasteiger charge is 2.40. The second-order valence-electron chi connectivity index (χ2n) is 5.40. The summed E-state index contributed by atoms with van der Waals surface area (Å²) in [7, 11) is 0. The predicted molar refractivity (Wildman–Crippen MR) is 70.7 cm³/mol. The zero-order valence-electron chi connectivity index (χ0n) is 9.51. The molecule has 1 aliphatic carbocycles. The summed E-state index contributed by atoms with van der Waals surface area (Å²) in [4.78, 5) is 0. The SMILES string of the molecule is Brc1ccccc1C1CCC2(CC1)CNC2. The molecule has 0 bridgehead atoms. The van der Waals surface area contributed by atoms with Gasteiger partial charge >= 0.3 is 0 Å². The minimum Gasteiger partial charge on any atom is -0.316 e. The van der Waals surface area contributed by atoms with Gasteiger partial charge in [0.15, 0.2) is 0 Å². The maximum atomic E-state index is 3.68. The van der Waals surface area contributed by atoms with Crippen LogP contribution in [0.4, 0.5) is 0 Å². The van der Waals surface area contributed by atoms with Crippen molar-refractivity contribution in [1.29, 1.82) is 0 Å². The molecular formula is C14H18BrN. The zero-order chi connectivity index (χ0) is 11.0. The number of hydrogen-bond acceptors (Lipinski definition) is 1. The van der Waals surface area contributed by atoms with Gasteiger partial charge in [-0.25, -0.2) is 0 Å². The largest absolute Gasteiger partial charge is 0.316 e. The topological polar surface area (TPSA) is 12.0 Å². The Bertz CT molecular complexity index is 374. The molecular weight excluding hydrogens is 262 g/mol. The Balaban J connectivity index is 1.72. The second kappa shape index (κ2) is 4.15. The van der Waals surface area contributed by atoms with Crippen LogP contribution in [0.1, 0.15) is 37.2 Å². The van der Waals surface area contributed by atoms with Crippen molar-refractivity contribution >= 4 is 15.9 Å². The number of rotatable bonds is 1. The molecule has 2 aliphatic rings. The van der Waals surface area contributed by atoms with Gasteiger partial charge in [-0.15, -0.1) is 0 Å². The molecule has 0 radical (unpaired) electrons. The van der Waals surface area contributed by atoms with E-state index in [1.165, 1.54) is 48.8 Å². The molecule has 2 fully saturated rings. The van der Waals surface area contributed by atoms with Crippen molar-refractivity contribution < 1.29 is 0 Å². The fourth-order valence-corrected chi connectivity index (χ4v) is 3.79. The standard InChI is InChI=1S/C14H18BrN/c15-13-4-2-1-3-12(13)11-5-7-14(8-6-11)9-16-10-14/h1-4,11,16H,5-10H2. The van der Waals surface area contributed by atoms with Gasteiger partial charge in [0.1, 0.15) is 0 Å². The van der Waals surface area contributed by atoms with Crippen molar-refractivity contribution in [3.63, 3.8) is 0 Å². The van der Waals surface area contributed by atoms with Crippen LogP contribution in [0.25, 0.3) is 0 Å². The molecule has 1 N–H and O–H groups in total. The molecule has 1 aliphatic heterocycles. The summed E-state index contributed by atoms with van der Waals surface area (Å²) in [6.07, 6.45) is 5.55. The first-order valence-electron chi connectivity index (χ1n) is 6.24. The van der Waals surface area contributed by atoms with Gasteiger partial charge in [0.05, 0.1) is 0 Å². The van der Waals surface area contributed by atoms with Gasteiger partial charge < -0.3 is 5.32 Å². The van der Waals surface area contributed by atoms with Gasteiger partial charge in [-0.2, -0.15) is 0 Å². The minimum absolute atomic E-state index is 0.678. The molecule has 1 saturated heterocycles. The Labute approximate surface area is 106 Å². The molecule has 1 nitrogen and oxygen atoms in total. The van der Waals surface area contributed by atoms with Gasteiger partial charge in [-0.1, -0.05) is 34.1 Å². The fraction of sp³-hybridized carbons (Fsp3) is 0.571. The van der Waals surface area contributed by atoms with Crippen molar-refractivity contribution in [2.45, 2.75) is 31.6 Å². The zero-order valence-corrected chi connectivity index (χ0v) is 11.1. The lowest BCUT2D eigenvalue weighted by Crippen LogP contribution is -2.54. The third-order valence-electron chi connectivity index (χ3n) is 4.39. The van der Waals surface area contributed by atoms with Crippen molar-refractivity contribution in [3.05, 3.63) is 34.3 Å². The lowest BCUT2D eigenvalue weighted by molar-refractivity contribution is 0.0974. The monoisotopic (exact) mass is 279 g/mol. The van der Waals surface area contributed by atoms with Crippen LogP contribution in [-0.2, 0) is 0 Å². The first kappa shape index (κ1) is 10.8. The van der Waals surface area contributed by atoms with Gasteiger partial charge in [0.25, 0.3) is 0 Å². The number of benzene rings is 1. The number of hydrogen-bond donors (Lipinski definition) is 1. The van der Waals surface area contributed by atoms with Gasteiger partial charge in [0.2, 0.25) is 0 Å². The third-order valence-corrected chi connectivity index (χ3v) is 5.11. The van der Waals surface area contributed by atoms with Crippen LogP contribution in [0.3, 0.4) is 0 Å². The molecule has 1 saturated carbocycles. The van der Waals surface area contributed by atoms with E-state index < -0.39 is 0 Å². The van der Waals surface area contributed by atoms with E-state index in [9.17, 15) is 0 Å². The van der Waals surface area contributed by atoms with E-state index in [4.69, 9.17) is 0 Å². The molecule has 1 aromatic rings. The van der Waals surface area contributed by atoms with E-state index in [2.05, 4.69) is 45.5 Å². The molecule has 86 valence electrons. The molecule has 0 aromatic heterocycles. The number of nitrogens with one attached hydrogen (secondary N) is 1. The van der Waals surface area contributed by atoms with Gasteiger partial charge in [-0.05, 0) is 48.6 Å². The van der Waals surface area contributed by atoms with Crippen LogP contribution in [0.2, 0.25) is 0 Å². The summed E-state index contributed by atoms with van der Waals surface area (Å²) in [6.45, 7) is 2.52. The van der Waals surface area contributed by atoms with E-state index in [-0.39, 0.29) is 0 Å². The normalized spacial score (nSPS) is 24.3. The highest BCUT2D eigenvalue weighted by molar-refractivity contribution is 9.10. The molecule has 0 amide bonds. The molecule has 1 heterocycles. The Morgan fingerprint density at radius 1 is 1.12 bits per heavy atom. The Morgan fingerprint density at radius 2 is 1.81 bits per heavy atom. The van der Waals surface area contributed by atoms with Crippen LogP contribution >= 0.6 is 15.9 Å². The molecule has 0 unspecified atom stereocenters. The maximum Gasteiger partial charge on any atom is 0.0210 e. The smallest absolute Gasteiger partial charge is 0.0210 e. The van der Waals surface area contributed by atoms with E-state index in [0.29, 0.717) is 5.41 Å². The Kier molecular flexibility index (Phi) is 2.80. The summed E-state index contributed by atoms with van der Waals surface area (Å²) in [5.74, 6) is 0.779. The van der Waals surface area contributed by atoms with E-state index >= 15 is 0 Å². The molecule has 1 aromatic carbocycles. The average Bonchev–Trinajstić information content (AvgIpc) is 2.28. The molecule has 16 heavy (non-hydrogen) atoms. The van der Waals surface area contributed by atoms with Crippen LogP contribution in [0.5, 0.6) is 0 Å². The summed E-state index contributed by atoms with van der Waals surface area (Å²) >= 11 is 3.68. The molecule has 1 spiro atoms. The van der Waals surface area contributed by atoms with Gasteiger partial charge in [-0.3, -0.25) is 0 Å². The summed E-state index contributed by atoms with van der Waals surface area (Å²) in [6, 6.07) is 8.72. The predicted octanol–water partition coefficient (Wildman–Crippen LogP) is 3.70. The summed E-state index contributed by atoms with van der Waals surface area (Å²) in [5.41, 5.74) is 2.20. The lowest BCUT2D eigenvalue weighted by Gasteiger charge is -2.47. The summed E-state index contributed by atoms with van der Waals surface area (Å²) < 4.78 is 1.29. The molecule has 2 heteroatoms. The Morgan fingerprint density at radius 3 is 2.38 bits per heavy atom. The highest BCUT2D eigenvalue weighted by Crippen LogP contribution is 2.46. The molecule has 3 rings (SSSR count). The van der Waals surface area contributed by atoms with Crippen molar-refractivity contribution in [1.82, 2.24) is 5.32 Å². The van der Waals surface area contributed by atoms with E-state index in [1.807, 2.05) is 0 Å². The quantitative estimate of drug-likeness (QED) is 0.827. The van der Waals surface area contributed by atoms with Crippen LogP contribution in [0.15, 0.2) is 28.7 Å². The third kappa shape index (κ3) is 1.82. The summed E-state index contributed by atoms with van der Waals surface area (Å²) in [5, 5.41) is 3.43. The van der Waals surface area contributed by atoms with Gasteiger partial charge in [0, 0.05) is 17.6 Å². The lowest BCUT2D eigenvalue weighted by atomic mass is 9.66. The van der Waals surface area contributed by atoms with E-state index in [0.717, 1.165) is 5.92 Å². The van der Waals surface area contributed by atoms with Crippen molar-refractivity contribution in [3.8, 4) is 0 Å². The number of halogens is 1. The first-order chi connectivity index (χ1) is 7.79.